The predicted molar refractivity (Wildman–Crippen MR) is 84.8 cm³/mol. The minimum Gasteiger partial charge on any atom is -0.0617 e. The minimum absolute atomic E-state index is 1.09. The first-order valence-corrected chi connectivity index (χ1v) is 7.27. The van der Waals surface area contributed by atoms with Crippen molar-refractivity contribution in [3.05, 3.63) is 58.1 Å². The Kier molecular flexibility index (Phi) is 4.09. The van der Waals surface area contributed by atoms with E-state index in [4.69, 9.17) is 0 Å². The second kappa shape index (κ2) is 5.61. The van der Waals surface area contributed by atoms with Gasteiger partial charge in [0, 0.05) is 0 Å². The van der Waals surface area contributed by atoms with Gasteiger partial charge in [-0.1, -0.05) is 49.7 Å². The van der Waals surface area contributed by atoms with Crippen molar-refractivity contribution in [1.82, 2.24) is 0 Å². The molecule has 2 aromatic rings. The summed E-state index contributed by atoms with van der Waals surface area (Å²) in [7, 11) is 0. The van der Waals surface area contributed by atoms with Crippen molar-refractivity contribution in [1.29, 1.82) is 0 Å². The Bertz CT molecular complexity index is 546. The zero-order valence-electron chi connectivity index (χ0n) is 12.8. The van der Waals surface area contributed by atoms with Crippen LogP contribution in [-0.2, 0) is 12.8 Å². The number of rotatable bonds is 3. The van der Waals surface area contributed by atoms with Gasteiger partial charge in [-0.15, -0.1) is 0 Å². The maximum atomic E-state index is 2.30. The first-order chi connectivity index (χ1) is 9.08. The van der Waals surface area contributed by atoms with Gasteiger partial charge in [0.15, 0.2) is 0 Å². The van der Waals surface area contributed by atoms with Crippen LogP contribution in [0.1, 0.15) is 41.7 Å². The molecule has 2 aromatic carbocycles. The predicted octanol–water partition coefficient (Wildman–Crippen LogP) is 5.40. The van der Waals surface area contributed by atoms with Gasteiger partial charge in [0.2, 0.25) is 0 Å². The fourth-order valence-corrected chi connectivity index (χ4v) is 3.14. The Morgan fingerprint density at radius 1 is 0.737 bits per heavy atom. The fourth-order valence-electron chi connectivity index (χ4n) is 3.14. The van der Waals surface area contributed by atoms with Crippen LogP contribution in [-0.4, -0.2) is 0 Å². The Labute approximate surface area is 117 Å². The lowest BCUT2D eigenvalue weighted by molar-refractivity contribution is 1.09. The quantitative estimate of drug-likeness (QED) is 0.685. The van der Waals surface area contributed by atoms with Gasteiger partial charge in [-0.25, -0.2) is 0 Å². The second-order valence-electron chi connectivity index (χ2n) is 5.43. The molecule has 0 fully saturated rings. The third kappa shape index (κ3) is 2.58. The van der Waals surface area contributed by atoms with E-state index >= 15 is 0 Å². The van der Waals surface area contributed by atoms with E-state index in [2.05, 4.69) is 65.0 Å². The van der Waals surface area contributed by atoms with Gasteiger partial charge in [-0.3, -0.25) is 0 Å². The molecule has 0 amide bonds. The number of hydrogen-bond donors (Lipinski definition) is 0. The molecule has 0 atom stereocenters. The summed E-state index contributed by atoms with van der Waals surface area (Å²) in [6.07, 6.45) is 2.19. The summed E-state index contributed by atoms with van der Waals surface area (Å²) in [5, 5.41) is 0. The van der Waals surface area contributed by atoms with Gasteiger partial charge in [0.25, 0.3) is 0 Å². The van der Waals surface area contributed by atoms with Crippen molar-refractivity contribution in [3.8, 4) is 11.1 Å². The van der Waals surface area contributed by atoms with Gasteiger partial charge in [-0.05, 0) is 67.0 Å². The van der Waals surface area contributed by atoms with Crippen LogP contribution in [0.2, 0.25) is 0 Å². The van der Waals surface area contributed by atoms with Gasteiger partial charge < -0.3 is 0 Å². The van der Waals surface area contributed by atoms with Crippen molar-refractivity contribution in [2.45, 2.75) is 47.5 Å². The zero-order chi connectivity index (χ0) is 14.0. The van der Waals surface area contributed by atoms with E-state index in [-0.39, 0.29) is 0 Å². The summed E-state index contributed by atoms with van der Waals surface area (Å²) >= 11 is 0. The van der Waals surface area contributed by atoms with Gasteiger partial charge >= 0.3 is 0 Å². The van der Waals surface area contributed by atoms with E-state index in [9.17, 15) is 0 Å². The summed E-state index contributed by atoms with van der Waals surface area (Å²) in [5.41, 5.74) is 10.00. The van der Waals surface area contributed by atoms with Crippen molar-refractivity contribution >= 4 is 0 Å². The van der Waals surface area contributed by atoms with Crippen LogP contribution in [0.5, 0.6) is 0 Å². The monoisotopic (exact) mass is 252 g/mol. The van der Waals surface area contributed by atoms with Crippen LogP contribution < -0.4 is 0 Å². The molecule has 0 spiro atoms. The Morgan fingerprint density at radius 2 is 1.21 bits per heavy atom. The zero-order valence-corrected chi connectivity index (χ0v) is 12.8. The Morgan fingerprint density at radius 3 is 1.63 bits per heavy atom. The third-order valence-electron chi connectivity index (χ3n) is 3.93. The van der Waals surface area contributed by atoms with Crippen LogP contribution in [0, 0.1) is 20.8 Å². The smallest absolute Gasteiger partial charge is 0.0115 e. The van der Waals surface area contributed by atoms with Gasteiger partial charge in [0.05, 0.1) is 0 Å². The Balaban J connectivity index is 2.78. The number of aryl methyl sites for hydroxylation is 5. The van der Waals surface area contributed by atoms with Gasteiger partial charge in [0.1, 0.15) is 0 Å². The van der Waals surface area contributed by atoms with Crippen molar-refractivity contribution < 1.29 is 0 Å². The summed E-state index contributed by atoms with van der Waals surface area (Å²) in [4.78, 5) is 0. The van der Waals surface area contributed by atoms with E-state index in [1.165, 1.54) is 38.9 Å². The van der Waals surface area contributed by atoms with Crippen LogP contribution >= 0.6 is 0 Å². The van der Waals surface area contributed by atoms with Gasteiger partial charge in [-0.2, -0.15) is 0 Å². The van der Waals surface area contributed by atoms with Crippen LogP contribution in [0.4, 0.5) is 0 Å². The molecular weight excluding hydrogens is 228 g/mol. The SMILES string of the molecule is CCc1cccc(CC)c1-c1c(C)cc(C)cc1C. The van der Waals surface area contributed by atoms with Crippen LogP contribution in [0.15, 0.2) is 30.3 Å². The highest BCUT2D eigenvalue weighted by Crippen LogP contribution is 2.34. The highest BCUT2D eigenvalue weighted by Gasteiger charge is 2.13. The number of hydrogen-bond acceptors (Lipinski definition) is 0. The molecule has 0 saturated heterocycles. The Hall–Kier alpha value is -1.56. The molecule has 0 N–H and O–H groups in total. The molecule has 0 heterocycles. The average molecular weight is 252 g/mol. The molecule has 0 unspecified atom stereocenters. The highest BCUT2D eigenvalue weighted by atomic mass is 14.2. The van der Waals surface area contributed by atoms with E-state index in [1.807, 2.05) is 0 Å². The fraction of sp³-hybridized carbons (Fsp3) is 0.368. The molecule has 0 aliphatic carbocycles. The summed E-state index contributed by atoms with van der Waals surface area (Å²) in [5.74, 6) is 0. The molecule has 0 aliphatic heterocycles. The normalized spacial score (nSPS) is 10.8. The summed E-state index contributed by atoms with van der Waals surface area (Å²) in [6, 6.07) is 11.3. The van der Waals surface area contributed by atoms with Crippen molar-refractivity contribution in [2.24, 2.45) is 0 Å². The molecule has 0 aliphatic rings. The molecule has 0 saturated carbocycles. The maximum Gasteiger partial charge on any atom is -0.0115 e. The van der Waals surface area contributed by atoms with E-state index in [0.717, 1.165) is 12.8 Å². The molecule has 0 nitrogen and oxygen atoms in total. The lowest BCUT2D eigenvalue weighted by atomic mass is 9.86. The standard InChI is InChI=1S/C19H24/c1-6-16-9-8-10-17(7-2)19(16)18-14(4)11-13(3)12-15(18)5/h8-12H,6-7H2,1-5H3. The molecule has 19 heavy (non-hydrogen) atoms. The van der Waals surface area contributed by atoms with E-state index in [0.29, 0.717) is 0 Å². The second-order valence-corrected chi connectivity index (χ2v) is 5.43. The van der Waals surface area contributed by atoms with E-state index < -0.39 is 0 Å². The van der Waals surface area contributed by atoms with Crippen molar-refractivity contribution in [3.63, 3.8) is 0 Å². The van der Waals surface area contributed by atoms with Crippen LogP contribution in [0.3, 0.4) is 0 Å². The molecule has 0 heteroatoms. The lowest BCUT2D eigenvalue weighted by Crippen LogP contribution is -1.98. The maximum absolute atomic E-state index is 2.30. The van der Waals surface area contributed by atoms with Crippen LogP contribution in [0.25, 0.3) is 11.1 Å². The van der Waals surface area contributed by atoms with E-state index in [1.54, 1.807) is 0 Å². The first-order valence-electron chi connectivity index (χ1n) is 7.27. The topological polar surface area (TPSA) is 0 Å². The highest BCUT2D eigenvalue weighted by molar-refractivity contribution is 5.77. The number of benzene rings is 2. The first kappa shape index (κ1) is 13.9. The molecule has 0 radical (unpaired) electrons. The van der Waals surface area contributed by atoms with Crippen molar-refractivity contribution in [2.75, 3.05) is 0 Å². The molecule has 100 valence electrons. The summed E-state index contributed by atoms with van der Waals surface area (Å²) < 4.78 is 0. The third-order valence-corrected chi connectivity index (χ3v) is 3.93. The lowest BCUT2D eigenvalue weighted by Gasteiger charge is -2.18. The average Bonchev–Trinajstić information content (AvgIpc) is 2.37. The molecule has 0 bridgehead atoms. The molecular formula is C19H24. The molecule has 2 rings (SSSR count). The summed E-state index contributed by atoms with van der Waals surface area (Å²) in [6.45, 7) is 11.1. The minimum atomic E-state index is 1.09. The largest absolute Gasteiger partial charge is 0.0617 e. The molecule has 0 aromatic heterocycles.